The Labute approximate surface area is 110 Å². The molecule has 3 heteroatoms. The van der Waals surface area contributed by atoms with Crippen LogP contribution in [0.3, 0.4) is 0 Å². The van der Waals surface area contributed by atoms with Crippen LogP contribution in [0.2, 0.25) is 0 Å². The molecule has 1 atom stereocenters. The Balaban J connectivity index is 1.56. The van der Waals surface area contributed by atoms with Crippen LogP contribution in [0.5, 0.6) is 0 Å². The highest BCUT2D eigenvalue weighted by molar-refractivity contribution is 5.83. The summed E-state index contributed by atoms with van der Waals surface area (Å²) in [4.78, 5) is 14.5. The minimum Gasteiger partial charge on any atom is -0.379 e. The lowest BCUT2D eigenvalue weighted by Crippen LogP contribution is -2.52. The van der Waals surface area contributed by atoms with Crippen molar-refractivity contribution in [3.63, 3.8) is 0 Å². The first kappa shape index (κ1) is 12.5. The van der Waals surface area contributed by atoms with Gasteiger partial charge in [0.2, 0.25) is 5.91 Å². The summed E-state index contributed by atoms with van der Waals surface area (Å²) in [6.07, 6.45) is 8.25. The second kappa shape index (κ2) is 4.84. The Kier molecular flexibility index (Phi) is 3.35. The molecule has 0 aromatic rings. The van der Waals surface area contributed by atoms with Gasteiger partial charge in [0, 0.05) is 13.1 Å². The first-order valence-electron chi connectivity index (χ1n) is 7.56. The lowest BCUT2D eigenvalue weighted by atomic mass is 9.79. The van der Waals surface area contributed by atoms with Crippen LogP contribution in [0.1, 0.15) is 45.4 Å². The van der Waals surface area contributed by atoms with E-state index >= 15 is 0 Å². The maximum atomic E-state index is 12.4. The number of hydrogen-bond donors (Lipinski definition) is 0. The van der Waals surface area contributed by atoms with E-state index in [1.807, 2.05) is 6.92 Å². The molecule has 1 saturated carbocycles. The second-order valence-corrected chi connectivity index (χ2v) is 6.75. The predicted molar refractivity (Wildman–Crippen MR) is 70.2 cm³/mol. The molecule has 0 N–H and O–H groups in total. The number of carbonyl (C=O) groups is 1. The quantitative estimate of drug-likeness (QED) is 0.754. The summed E-state index contributed by atoms with van der Waals surface area (Å²) in [5.41, 5.74) is -0.207. The van der Waals surface area contributed by atoms with Gasteiger partial charge in [-0.05, 0) is 25.2 Å². The van der Waals surface area contributed by atoms with Crippen molar-refractivity contribution in [3.05, 3.63) is 0 Å². The first-order valence-corrected chi connectivity index (χ1v) is 7.56. The van der Waals surface area contributed by atoms with E-state index in [2.05, 4.69) is 4.90 Å². The van der Waals surface area contributed by atoms with Gasteiger partial charge in [0.15, 0.2) is 0 Å². The number of likely N-dealkylation sites (tertiary alicyclic amines) is 1. The van der Waals surface area contributed by atoms with E-state index in [0.717, 1.165) is 24.9 Å². The molecule has 3 fully saturated rings. The van der Waals surface area contributed by atoms with Crippen molar-refractivity contribution in [2.45, 2.75) is 45.4 Å². The van der Waals surface area contributed by atoms with E-state index in [0.29, 0.717) is 19.1 Å². The molecular weight excluding hydrogens is 226 g/mol. The lowest BCUT2D eigenvalue weighted by Gasteiger charge is -2.39. The van der Waals surface area contributed by atoms with Crippen molar-refractivity contribution < 1.29 is 9.53 Å². The molecular formula is C15H25NO2. The summed E-state index contributed by atoms with van der Waals surface area (Å²) < 4.78 is 5.21. The largest absolute Gasteiger partial charge is 0.379 e. The molecule has 18 heavy (non-hydrogen) atoms. The average molecular weight is 251 g/mol. The van der Waals surface area contributed by atoms with Gasteiger partial charge in [0.25, 0.3) is 0 Å². The van der Waals surface area contributed by atoms with Gasteiger partial charge >= 0.3 is 0 Å². The predicted octanol–water partition coefficient (Wildman–Crippen LogP) is 2.45. The van der Waals surface area contributed by atoms with Crippen LogP contribution < -0.4 is 0 Å². The first-order chi connectivity index (χ1) is 8.69. The number of amides is 1. The molecule has 1 aliphatic carbocycles. The fourth-order valence-electron chi connectivity index (χ4n) is 3.88. The topological polar surface area (TPSA) is 29.5 Å². The van der Waals surface area contributed by atoms with Crippen molar-refractivity contribution >= 4 is 5.91 Å². The number of rotatable bonds is 2. The van der Waals surface area contributed by atoms with E-state index in [1.165, 1.54) is 38.5 Å². The molecule has 3 rings (SSSR count). The molecule has 2 aliphatic heterocycles. The van der Waals surface area contributed by atoms with Crippen molar-refractivity contribution in [2.75, 3.05) is 26.3 Å². The zero-order valence-corrected chi connectivity index (χ0v) is 11.5. The second-order valence-electron chi connectivity index (χ2n) is 6.75. The van der Waals surface area contributed by atoms with Crippen LogP contribution in [0, 0.1) is 17.3 Å². The number of hydrogen-bond acceptors (Lipinski definition) is 2. The number of carbonyl (C=O) groups excluding carboxylic acids is 1. The fraction of sp³-hybridized carbons (Fsp3) is 0.933. The van der Waals surface area contributed by atoms with Crippen LogP contribution >= 0.6 is 0 Å². The van der Waals surface area contributed by atoms with Gasteiger partial charge in [-0.1, -0.05) is 32.1 Å². The molecule has 0 bridgehead atoms. The Bertz CT molecular complexity index is 318. The molecule has 0 aromatic heterocycles. The van der Waals surface area contributed by atoms with Crippen LogP contribution in [0.4, 0.5) is 0 Å². The smallest absolute Gasteiger partial charge is 0.233 e. The zero-order valence-electron chi connectivity index (χ0n) is 11.5. The van der Waals surface area contributed by atoms with Crippen molar-refractivity contribution in [2.24, 2.45) is 17.3 Å². The summed E-state index contributed by atoms with van der Waals surface area (Å²) in [7, 11) is 0. The van der Waals surface area contributed by atoms with Crippen molar-refractivity contribution in [1.29, 1.82) is 0 Å². The van der Waals surface area contributed by atoms with Gasteiger partial charge in [0.05, 0.1) is 18.6 Å². The highest BCUT2D eigenvalue weighted by Gasteiger charge is 2.45. The lowest BCUT2D eigenvalue weighted by molar-refractivity contribution is -0.167. The molecule has 2 saturated heterocycles. The van der Waals surface area contributed by atoms with E-state index in [9.17, 15) is 4.79 Å². The van der Waals surface area contributed by atoms with Gasteiger partial charge in [-0.2, -0.15) is 0 Å². The molecule has 3 nitrogen and oxygen atoms in total. The summed E-state index contributed by atoms with van der Waals surface area (Å²) in [6, 6.07) is 0. The van der Waals surface area contributed by atoms with Crippen LogP contribution in [0.15, 0.2) is 0 Å². The Morgan fingerprint density at radius 3 is 2.44 bits per heavy atom. The standard InChI is InChI=1S/C15H25NO2/c1-15(10-18-11-15)14(17)16-8-7-13(9-16)12-5-3-2-4-6-12/h12-13H,2-11H2,1H3/t13-/m1/s1. The molecule has 0 aromatic carbocycles. The summed E-state index contributed by atoms with van der Waals surface area (Å²) in [5.74, 6) is 2.01. The number of nitrogens with zero attached hydrogens (tertiary/aromatic N) is 1. The minimum absolute atomic E-state index is 0.207. The van der Waals surface area contributed by atoms with Gasteiger partial charge in [-0.25, -0.2) is 0 Å². The van der Waals surface area contributed by atoms with Gasteiger partial charge in [-0.3, -0.25) is 4.79 Å². The third-order valence-electron chi connectivity index (χ3n) is 5.19. The Morgan fingerprint density at radius 1 is 1.11 bits per heavy atom. The molecule has 102 valence electrons. The third kappa shape index (κ3) is 2.18. The summed E-state index contributed by atoms with van der Waals surface area (Å²) in [5, 5.41) is 0. The SMILES string of the molecule is CC1(C(=O)N2CC[C@@H](C3CCCCC3)C2)COC1. The summed E-state index contributed by atoms with van der Waals surface area (Å²) in [6.45, 7) is 5.29. The van der Waals surface area contributed by atoms with E-state index in [-0.39, 0.29) is 5.41 Å². The molecule has 2 heterocycles. The third-order valence-corrected chi connectivity index (χ3v) is 5.19. The molecule has 0 spiro atoms. The van der Waals surface area contributed by atoms with Gasteiger partial charge in [0.1, 0.15) is 0 Å². The summed E-state index contributed by atoms with van der Waals surface area (Å²) >= 11 is 0. The van der Waals surface area contributed by atoms with E-state index < -0.39 is 0 Å². The van der Waals surface area contributed by atoms with Gasteiger partial charge in [-0.15, -0.1) is 0 Å². The van der Waals surface area contributed by atoms with Crippen molar-refractivity contribution in [3.8, 4) is 0 Å². The number of ether oxygens (including phenoxy) is 1. The van der Waals surface area contributed by atoms with Crippen LogP contribution in [-0.2, 0) is 9.53 Å². The molecule has 3 aliphatic rings. The highest BCUT2D eigenvalue weighted by Crippen LogP contribution is 2.37. The monoisotopic (exact) mass is 251 g/mol. The fourth-order valence-corrected chi connectivity index (χ4v) is 3.88. The zero-order chi connectivity index (χ0) is 12.6. The van der Waals surface area contributed by atoms with Crippen LogP contribution in [0.25, 0.3) is 0 Å². The maximum Gasteiger partial charge on any atom is 0.233 e. The van der Waals surface area contributed by atoms with Gasteiger partial charge < -0.3 is 9.64 Å². The van der Waals surface area contributed by atoms with Crippen molar-refractivity contribution in [1.82, 2.24) is 4.90 Å². The maximum absolute atomic E-state index is 12.4. The van der Waals surface area contributed by atoms with Crippen LogP contribution in [-0.4, -0.2) is 37.1 Å². The highest BCUT2D eigenvalue weighted by atomic mass is 16.5. The molecule has 0 unspecified atom stereocenters. The Hall–Kier alpha value is -0.570. The molecule has 1 amide bonds. The van der Waals surface area contributed by atoms with E-state index in [1.54, 1.807) is 0 Å². The minimum atomic E-state index is -0.207. The van der Waals surface area contributed by atoms with E-state index in [4.69, 9.17) is 4.74 Å². The molecule has 0 radical (unpaired) electrons. The average Bonchev–Trinajstić information content (AvgIpc) is 2.85. The Morgan fingerprint density at radius 2 is 1.83 bits per heavy atom. The normalized spacial score (nSPS) is 32.3.